The molecular weight excluding hydrogens is 497 g/mol. The summed E-state index contributed by atoms with van der Waals surface area (Å²) in [5, 5.41) is 0. The second-order valence-electron chi connectivity index (χ2n) is 10.6. The summed E-state index contributed by atoms with van der Waals surface area (Å²) in [4.78, 5) is 0. The number of halogens is 7. The van der Waals surface area contributed by atoms with Crippen molar-refractivity contribution in [2.24, 2.45) is 17.8 Å². The van der Waals surface area contributed by atoms with Crippen molar-refractivity contribution in [3.8, 4) is 0 Å². The van der Waals surface area contributed by atoms with E-state index < -0.39 is 41.1 Å². The minimum absolute atomic E-state index is 0.0144. The van der Waals surface area contributed by atoms with Crippen LogP contribution in [0, 0.1) is 41.0 Å². The molecule has 0 radical (unpaired) electrons. The summed E-state index contributed by atoms with van der Waals surface area (Å²) in [7, 11) is 0. The Hall–Kier alpha value is -2.09. The molecule has 4 rings (SSSR count). The fourth-order valence-electron chi connectivity index (χ4n) is 6.11. The van der Waals surface area contributed by atoms with Gasteiger partial charge in [-0.15, -0.1) is 0 Å². The number of benzene rings is 2. The number of hydrogen-bond donors (Lipinski definition) is 0. The molecule has 0 aromatic heterocycles. The number of rotatable bonds is 7. The van der Waals surface area contributed by atoms with Crippen molar-refractivity contribution >= 4 is 0 Å². The minimum Gasteiger partial charge on any atom is -0.373 e. The van der Waals surface area contributed by atoms with E-state index in [1.165, 1.54) is 50.7 Å². The van der Waals surface area contributed by atoms with Gasteiger partial charge in [0.05, 0.1) is 12.7 Å². The maximum Gasteiger partial charge on any atom is 0.422 e. The highest BCUT2D eigenvalue weighted by molar-refractivity contribution is 5.31. The molecule has 2 atom stereocenters. The molecule has 0 bridgehead atoms. The first-order valence-corrected chi connectivity index (χ1v) is 13.2. The molecule has 2 aliphatic rings. The Morgan fingerprint density at radius 2 is 1.46 bits per heavy atom. The SMILES string of the molecule is CCCC1CCC(C2CCC(c3ccc(CCc4cc(F)c(C(F)(F)F)c(F)c4)c(F)c3F)OC2)CC1. The normalized spacial score (nSPS) is 24.9. The third-order valence-corrected chi connectivity index (χ3v) is 8.17. The molecule has 204 valence electrons. The van der Waals surface area contributed by atoms with Crippen LogP contribution in [0.15, 0.2) is 24.3 Å². The molecule has 1 aliphatic carbocycles. The summed E-state index contributed by atoms with van der Waals surface area (Å²) in [5.74, 6) is -3.64. The zero-order valence-electron chi connectivity index (χ0n) is 21.0. The molecule has 2 unspecified atom stereocenters. The molecule has 8 heteroatoms. The lowest BCUT2D eigenvalue weighted by molar-refractivity contribution is -0.142. The summed E-state index contributed by atoms with van der Waals surface area (Å²) in [6, 6.07) is 4.05. The van der Waals surface area contributed by atoms with Gasteiger partial charge in [0, 0.05) is 5.56 Å². The highest BCUT2D eigenvalue weighted by Gasteiger charge is 2.38. The molecule has 0 N–H and O–H groups in total. The molecule has 2 aromatic carbocycles. The molecule has 0 amide bonds. The van der Waals surface area contributed by atoms with Crippen LogP contribution >= 0.6 is 0 Å². The predicted molar refractivity (Wildman–Crippen MR) is 127 cm³/mol. The molecule has 1 saturated heterocycles. The molecule has 1 heterocycles. The average molecular weight is 531 g/mol. The van der Waals surface area contributed by atoms with Gasteiger partial charge in [0.15, 0.2) is 11.6 Å². The van der Waals surface area contributed by atoms with E-state index in [4.69, 9.17) is 4.74 Å². The van der Waals surface area contributed by atoms with Crippen LogP contribution in [-0.4, -0.2) is 6.61 Å². The van der Waals surface area contributed by atoms with Crippen molar-refractivity contribution in [1.82, 2.24) is 0 Å². The fraction of sp³-hybridized carbons (Fsp3) is 0.586. The lowest BCUT2D eigenvalue weighted by Gasteiger charge is -2.38. The van der Waals surface area contributed by atoms with Crippen molar-refractivity contribution in [2.45, 2.75) is 83.4 Å². The average Bonchev–Trinajstić information content (AvgIpc) is 2.84. The summed E-state index contributed by atoms with van der Waals surface area (Å²) >= 11 is 0. The van der Waals surface area contributed by atoms with Gasteiger partial charge in [-0.1, -0.05) is 44.7 Å². The lowest BCUT2D eigenvalue weighted by Crippen LogP contribution is -2.30. The van der Waals surface area contributed by atoms with E-state index in [0.717, 1.165) is 12.3 Å². The van der Waals surface area contributed by atoms with Crippen LogP contribution in [0.2, 0.25) is 0 Å². The first-order valence-electron chi connectivity index (χ1n) is 13.2. The number of alkyl halides is 3. The highest BCUT2D eigenvalue weighted by Crippen LogP contribution is 2.42. The number of ether oxygens (including phenoxy) is 1. The van der Waals surface area contributed by atoms with Crippen molar-refractivity contribution in [1.29, 1.82) is 0 Å². The zero-order valence-corrected chi connectivity index (χ0v) is 21.0. The van der Waals surface area contributed by atoms with Crippen LogP contribution in [0.1, 0.15) is 86.6 Å². The highest BCUT2D eigenvalue weighted by atomic mass is 19.4. The van der Waals surface area contributed by atoms with E-state index in [-0.39, 0.29) is 29.5 Å². The van der Waals surface area contributed by atoms with E-state index in [2.05, 4.69) is 6.92 Å². The van der Waals surface area contributed by atoms with Gasteiger partial charge in [0.2, 0.25) is 0 Å². The zero-order chi connectivity index (χ0) is 26.7. The quantitative estimate of drug-likeness (QED) is 0.325. The summed E-state index contributed by atoms with van der Waals surface area (Å²) in [6.07, 6.45) is 2.97. The Morgan fingerprint density at radius 3 is 2.03 bits per heavy atom. The Labute approximate surface area is 213 Å². The van der Waals surface area contributed by atoms with E-state index in [9.17, 15) is 30.7 Å². The largest absolute Gasteiger partial charge is 0.422 e. The van der Waals surface area contributed by atoms with E-state index in [1.54, 1.807) is 0 Å². The van der Waals surface area contributed by atoms with Gasteiger partial charge in [-0.05, 0) is 79.5 Å². The minimum atomic E-state index is -5.16. The van der Waals surface area contributed by atoms with Gasteiger partial charge >= 0.3 is 6.18 Å². The van der Waals surface area contributed by atoms with Crippen LogP contribution in [0.25, 0.3) is 0 Å². The van der Waals surface area contributed by atoms with Crippen LogP contribution in [0.3, 0.4) is 0 Å². The number of aryl methyl sites for hydroxylation is 2. The van der Waals surface area contributed by atoms with Gasteiger partial charge < -0.3 is 4.74 Å². The van der Waals surface area contributed by atoms with Crippen LogP contribution in [0.5, 0.6) is 0 Å². The first kappa shape index (κ1) is 27.9. The monoisotopic (exact) mass is 530 g/mol. The smallest absolute Gasteiger partial charge is 0.373 e. The summed E-state index contributed by atoms with van der Waals surface area (Å²) < 4.78 is 102. The summed E-state index contributed by atoms with van der Waals surface area (Å²) in [6.45, 7) is 2.75. The molecular formula is C29H33F7O. The van der Waals surface area contributed by atoms with Gasteiger partial charge in [0.1, 0.15) is 17.2 Å². The fourth-order valence-corrected chi connectivity index (χ4v) is 6.11. The molecule has 37 heavy (non-hydrogen) atoms. The maximum atomic E-state index is 15.0. The van der Waals surface area contributed by atoms with Crippen molar-refractivity contribution in [3.05, 3.63) is 69.8 Å². The molecule has 1 aliphatic heterocycles. The third-order valence-electron chi connectivity index (χ3n) is 8.17. The van der Waals surface area contributed by atoms with E-state index >= 15 is 0 Å². The predicted octanol–water partition coefficient (Wildman–Crippen LogP) is 9.12. The second-order valence-corrected chi connectivity index (χ2v) is 10.6. The Balaban J connectivity index is 1.35. The number of hydrogen-bond acceptors (Lipinski definition) is 1. The van der Waals surface area contributed by atoms with Crippen LogP contribution < -0.4 is 0 Å². The van der Waals surface area contributed by atoms with E-state index in [0.29, 0.717) is 37.0 Å². The van der Waals surface area contributed by atoms with E-state index in [1.807, 2.05) is 0 Å². The molecule has 2 fully saturated rings. The molecule has 1 saturated carbocycles. The van der Waals surface area contributed by atoms with Crippen LogP contribution in [0.4, 0.5) is 30.7 Å². The van der Waals surface area contributed by atoms with Crippen LogP contribution in [-0.2, 0) is 23.8 Å². The van der Waals surface area contributed by atoms with Crippen molar-refractivity contribution in [3.63, 3.8) is 0 Å². The standard InChI is InChI=1S/C29H33F7O/c1-2-3-17-4-7-19(8-5-17)21-11-13-25(37-16-21)22-12-10-20(27(32)28(22)33)9-6-18-14-23(30)26(24(31)15-18)29(34,35)36/h10,12,14-15,17,19,21,25H,2-9,11,13,16H2,1H3. The summed E-state index contributed by atoms with van der Waals surface area (Å²) in [5.41, 5.74) is -1.90. The lowest BCUT2D eigenvalue weighted by atomic mass is 9.73. The maximum absolute atomic E-state index is 15.0. The van der Waals surface area contributed by atoms with Gasteiger partial charge in [-0.3, -0.25) is 0 Å². The van der Waals surface area contributed by atoms with Gasteiger partial charge in [-0.2, -0.15) is 13.2 Å². The van der Waals surface area contributed by atoms with Crippen molar-refractivity contribution in [2.75, 3.05) is 6.61 Å². The molecule has 2 aromatic rings. The Bertz CT molecular complexity index is 1040. The van der Waals surface area contributed by atoms with Gasteiger partial charge in [-0.25, -0.2) is 17.6 Å². The van der Waals surface area contributed by atoms with Gasteiger partial charge in [0.25, 0.3) is 0 Å². The topological polar surface area (TPSA) is 9.23 Å². The Kier molecular flexibility index (Phi) is 8.87. The molecule has 0 spiro atoms. The third kappa shape index (κ3) is 6.50. The first-order chi connectivity index (χ1) is 17.6. The Morgan fingerprint density at radius 1 is 0.811 bits per heavy atom. The van der Waals surface area contributed by atoms with Crippen molar-refractivity contribution < 1.29 is 35.5 Å². The second kappa shape index (κ2) is 11.7. The molecule has 1 nitrogen and oxygen atoms in total.